The molecule has 9 heteroatoms. The van der Waals surface area contributed by atoms with E-state index in [-0.39, 0.29) is 5.41 Å². The van der Waals surface area contributed by atoms with Crippen LogP contribution in [0.2, 0.25) is 0 Å². The van der Waals surface area contributed by atoms with Crippen LogP contribution in [0.25, 0.3) is 11.6 Å². The summed E-state index contributed by atoms with van der Waals surface area (Å²) in [5.74, 6) is 0. The van der Waals surface area contributed by atoms with Gasteiger partial charge in [0.1, 0.15) is 0 Å². The molecule has 5 nitrogen and oxygen atoms in total. The van der Waals surface area contributed by atoms with Crippen LogP contribution in [0.4, 0.5) is 5.13 Å². The zero-order valence-corrected chi connectivity index (χ0v) is 15.2. The highest BCUT2D eigenvalue weighted by Gasteiger charge is 2.20. The number of fused-ring (bicyclic) bond motifs is 1. The first-order valence-corrected chi connectivity index (χ1v) is 10.0. The van der Waals surface area contributed by atoms with Gasteiger partial charge in [0.25, 0.3) is 0 Å². The van der Waals surface area contributed by atoms with Gasteiger partial charge >= 0.3 is 0 Å². The summed E-state index contributed by atoms with van der Waals surface area (Å²) in [6.45, 7) is 6.43. The van der Waals surface area contributed by atoms with Gasteiger partial charge in [0.2, 0.25) is 6.56 Å². The molecule has 2 N–H and O–H groups in total. The monoisotopic (exact) mass is 366 g/mol. The van der Waals surface area contributed by atoms with Gasteiger partial charge < -0.3 is 4.56 Å². The number of benzene rings is 1. The van der Waals surface area contributed by atoms with Crippen LogP contribution in [0.5, 0.6) is 0 Å². The molecule has 1 heterocycles. The second-order valence-electron chi connectivity index (χ2n) is 5.16. The zero-order valence-electron chi connectivity index (χ0n) is 13.0. The maximum absolute atomic E-state index is 6.83. The summed E-state index contributed by atoms with van der Waals surface area (Å²) in [4.78, 5) is 10.4. The van der Waals surface area contributed by atoms with Crippen molar-refractivity contribution in [2.24, 2.45) is 0 Å². The van der Waals surface area contributed by atoms with Crippen molar-refractivity contribution in [2.45, 2.75) is 31.1 Å². The molecule has 116 valence electrons. The molecule has 0 saturated heterocycles. The fourth-order valence-corrected chi connectivity index (χ4v) is 4.10. The fraction of sp³-hybridized carbons (Fsp3) is 0.417. The number of anilines is 1. The lowest BCUT2D eigenvalue weighted by Gasteiger charge is -2.21. The second kappa shape index (κ2) is 7.40. The van der Waals surface area contributed by atoms with E-state index in [0.717, 1.165) is 43.8 Å². The number of rotatable bonds is 7. The van der Waals surface area contributed by atoms with Gasteiger partial charge in [-0.3, -0.25) is 0 Å². The topological polar surface area (TPSA) is 63.6 Å². The number of aromatic nitrogens is 1. The van der Waals surface area contributed by atoms with E-state index in [2.05, 4.69) is 47.9 Å². The highest BCUT2D eigenvalue weighted by Crippen LogP contribution is 2.41. The fourth-order valence-electron chi connectivity index (χ4n) is 1.78. The van der Waals surface area contributed by atoms with E-state index in [1.807, 2.05) is 0 Å². The molecule has 0 atom stereocenters. The summed E-state index contributed by atoms with van der Waals surface area (Å²) in [7, 11) is 1.43. The molecule has 0 amide bonds. The van der Waals surface area contributed by atoms with Crippen molar-refractivity contribution in [2.75, 3.05) is 11.7 Å². The van der Waals surface area contributed by atoms with Crippen molar-refractivity contribution >= 4 is 60.6 Å². The van der Waals surface area contributed by atoms with E-state index < -0.39 is 0 Å². The van der Waals surface area contributed by atoms with Crippen LogP contribution >= 0.6 is 45.2 Å². The van der Waals surface area contributed by atoms with E-state index >= 15 is 0 Å². The molecular weight excluding hydrogens is 348 g/mol. The van der Waals surface area contributed by atoms with Gasteiger partial charge in [-0.2, -0.15) is 0 Å². The zero-order chi connectivity index (χ0) is 16.2. The number of nitrogens with zero attached hydrogens (tertiary/aromatic N) is 1. The number of thiazole rings is 1. The van der Waals surface area contributed by atoms with Gasteiger partial charge in [0.05, 0.1) is 21.3 Å². The van der Waals surface area contributed by atoms with Crippen LogP contribution in [0.3, 0.4) is 0 Å². The van der Waals surface area contributed by atoms with Crippen molar-refractivity contribution in [3.8, 4) is 0 Å². The molecule has 0 aliphatic rings. The summed E-state index contributed by atoms with van der Waals surface area (Å²) in [6.07, 6.45) is 1.76. The molecule has 2 aromatic rings. The van der Waals surface area contributed by atoms with Crippen molar-refractivity contribution in [3.05, 3.63) is 17.7 Å². The van der Waals surface area contributed by atoms with Crippen molar-refractivity contribution in [1.29, 1.82) is 1.43 Å². The first-order valence-electron chi connectivity index (χ1n) is 6.40. The van der Waals surface area contributed by atoms with E-state index in [0.29, 0.717) is 5.13 Å². The van der Waals surface area contributed by atoms with Crippen LogP contribution in [-0.2, 0) is 14.7 Å². The Morgan fingerprint density at radius 3 is 2.90 bits per heavy atom. The molecular formula is C12H16N2O3S4. The first kappa shape index (κ1) is 15.7. The van der Waals surface area contributed by atoms with Crippen LogP contribution in [-0.4, -0.2) is 15.8 Å². The number of hydrogen-bond acceptors (Lipinski definition) is 9. The molecule has 0 unspecified atom stereocenters. The van der Waals surface area contributed by atoms with Gasteiger partial charge in [-0.25, -0.2) is 10.5 Å². The van der Waals surface area contributed by atoms with Crippen LogP contribution in [0, 0.1) is 0 Å². The van der Waals surface area contributed by atoms with Gasteiger partial charge in [-0.15, -0.1) is 4.33 Å². The summed E-state index contributed by atoms with van der Waals surface area (Å²) in [5.41, 5.74) is 4.68. The lowest BCUT2D eigenvalue weighted by atomic mass is 9.87. The molecule has 0 aliphatic heterocycles. The van der Waals surface area contributed by atoms with Crippen molar-refractivity contribution in [1.82, 2.24) is 4.98 Å². The van der Waals surface area contributed by atoms with Crippen LogP contribution in [0.15, 0.2) is 17.0 Å². The molecule has 1 aromatic heterocycles. The second-order valence-corrected chi connectivity index (χ2v) is 8.31. The van der Waals surface area contributed by atoms with Gasteiger partial charge in [0.15, 0.2) is 0 Å². The summed E-state index contributed by atoms with van der Waals surface area (Å²) in [6, 6.07) is 4.13. The first-order chi connectivity index (χ1) is 10.5. The van der Waals surface area contributed by atoms with Crippen LogP contribution in [0.1, 0.15) is 26.3 Å². The third-order valence-corrected chi connectivity index (χ3v) is 5.10. The maximum Gasteiger partial charge on any atom is 0.229 e. The van der Waals surface area contributed by atoms with Crippen molar-refractivity contribution in [3.63, 3.8) is 0 Å². The predicted molar refractivity (Wildman–Crippen MR) is 93.7 cm³/mol. The molecule has 0 bridgehead atoms. The van der Waals surface area contributed by atoms with E-state index in [1.54, 1.807) is 6.26 Å². The summed E-state index contributed by atoms with van der Waals surface area (Å²) >= 11 is 3.60. The predicted octanol–water partition coefficient (Wildman–Crippen LogP) is 5.36. The Bertz CT molecular complexity index is 633. The third kappa shape index (κ3) is 4.41. The lowest BCUT2D eigenvalue weighted by Crippen LogP contribution is -2.12. The third-order valence-electron chi connectivity index (χ3n) is 2.65. The molecule has 2 rings (SSSR count). The molecule has 0 radical (unpaired) electrons. The minimum absolute atomic E-state index is 0.0330. The average Bonchev–Trinajstić information content (AvgIpc) is 2.85. The molecule has 0 fully saturated rings. The quantitative estimate of drug-likeness (QED) is 0.223. The average molecular weight is 367 g/mol. The highest BCUT2D eigenvalue weighted by atomic mass is 33.1. The Kier molecular flexibility index (Phi) is 5.54. The van der Waals surface area contributed by atoms with Crippen molar-refractivity contribution < 1.29 is 13.9 Å². The molecule has 0 aliphatic carbocycles. The lowest BCUT2D eigenvalue weighted by molar-refractivity contribution is -0.160. The Labute approximate surface area is 141 Å². The molecule has 0 spiro atoms. The highest BCUT2D eigenvalue weighted by molar-refractivity contribution is 8.74. The Morgan fingerprint density at radius 1 is 1.43 bits per heavy atom. The maximum atomic E-state index is 6.83. The number of nitrogens with one attached hydrogen (secondary N) is 1. The summed E-state index contributed by atoms with van der Waals surface area (Å²) in [5, 5.41) is 0.621. The van der Waals surface area contributed by atoms with Gasteiger partial charge in [-0.05, 0) is 33.9 Å². The van der Waals surface area contributed by atoms with Gasteiger partial charge in [0, 0.05) is 23.2 Å². The minimum Gasteiger partial charge on any atom is -0.320 e. The Hall–Kier alpha value is -0.160. The normalized spacial score (nSPS) is 12.7. The standard InChI is InChI=1S/C12H16N2O3S4/c1-12(2,3)7-5-8-10(6-9(7)20-21-15)19-11(13-8)14-16-17-18-4/h5-6,15H,1-4H3,(H,13,14)/i/hT. The molecule has 0 saturated carbocycles. The SMILES string of the molecule is [3H]OSSc1cc2sc(NOOSC)nc2cc1C(C)(C)C. The Morgan fingerprint density at radius 2 is 2.24 bits per heavy atom. The summed E-state index contributed by atoms with van der Waals surface area (Å²) < 4.78 is 16.9. The molecule has 21 heavy (non-hydrogen) atoms. The van der Waals surface area contributed by atoms with E-state index in [1.165, 1.54) is 22.1 Å². The molecule has 1 aromatic carbocycles. The van der Waals surface area contributed by atoms with Gasteiger partial charge in [-0.1, -0.05) is 37.1 Å². The van der Waals surface area contributed by atoms with E-state index in [4.69, 9.17) is 10.8 Å². The minimum atomic E-state index is -0.0330. The largest absolute Gasteiger partial charge is 0.320 e. The van der Waals surface area contributed by atoms with Crippen LogP contribution < -0.4 is 5.48 Å². The van der Waals surface area contributed by atoms with E-state index in [9.17, 15) is 0 Å². The Balaban J connectivity index is 2.35. The number of hydrogen-bond donors (Lipinski definition) is 2. The smallest absolute Gasteiger partial charge is 0.229 e.